The fourth-order valence-electron chi connectivity index (χ4n) is 1.92. The van der Waals surface area contributed by atoms with Gasteiger partial charge in [-0.1, -0.05) is 6.92 Å². The molecule has 1 heterocycles. The number of hydrogen-bond acceptors (Lipinski definition) is 6. The predicted molar refractivity (Wildman–Crippen MR) is 86.3 cm³/mol. The normalized spacial score (nSPS) is 11.2. The molecule has 0 radical (unpaired) electrons. The van der Waals surface area contributed by atoms with E-state index in [1.54, 1.807) is 6.92 Å². The number of sulfone groups is 1. The highest BCUT2D eigenvalue weighted by Gasteiger charge is 2.12. The van der Waals surface area contributed by atoms with Crippen molar-refractivity contribution >= 4 is 27.1 Å². The lowest BCUT2D eigenvalue weighted by molar-refractivity contribution is -0.385. The molecule has 2 rings (SSSR count). The van der Waals surface area contributed by atoms with Gasteiger partial charge in [0.25, 0.3) is 0 Å². The zero-order valence-corrected chi connectivity index (χ0v) is 13.7. The Bertz CT molecular complexity index is 842. The molecule has 0 spiro atoms. The molecule has 1 N–H and O–H groups in total. The SMILES string of the molecule is CCS(=O)(=O)c1ccc(NC(=O)CCn2cc([N+](=O)[O-])cn2)cc1. The molecule has 2 aromatic rings. The fourth-order valence-corrected chi connectivity index (χ4v) is 2.81. The second-order valence-electron chi connectivity index (χ2n) is 4.94. The molecule has 0 aliphatic carbocycles. The number of nitrogens with zero attached hydrogens (tertiary/aromatic N) is 3. The highest BCUT2D eigenvalue weighted by atomic mass is 32.2. The lowest BCUT2D eigenvalue weighted by Gasteiger charge is -2.07. The van der Waals surface area contributed by atoms with E-state index in [1.165, 1.54) is 35.1 Å². The molecule has 1 aromatic heterocycles. The third-order valence-electron chi connectivity index (χ3n) is 3.28. The Morgan fingerprint density at radius 1 is 1.33 bits per heavy atom. The van der Waals surface area contributed by atoms with E-state index in [0.29, 0.717) is 5.69 Å². The highest BCUT2D eigenvalue weighted by molar-refractivity contribution is 7.91. The van der Waals surface area contributed by atoms with Crippen LogP contribution in [0.25, 0.3) is 0 Å². The van der Waals surface area contributed by atoms with Crippen molar-refractivity contribution in [1.29, 1.82) is 0 Å². The summed E-state index contributed by atoms with van der Waals surface area (Å²) in [6.07, 6.45) is 2.44. The van der Waals surface area contributed by atoms with E-state index >= 15 is 0 Å². The van der Waals surface area contributed by atoms with Crippen molar-refractivity contribution in [2.75, 3.05) is 11.1 Å². The Morgan fingerprint density at radius 3 is 2.54 bits per heavy atom. The maximum Gasteiger partial charge on any atom is 0.306 e. The van der Waals surface area contributed by atoms with Gasteiger partial charge in [-0.25, -0.2) is 8.42 Å². The maximum atomic E-state index is 11.9. The monoisotopic (exact) mass is 352 g/mol. The summed E-state index contributed by atoms with van der Waals surface area (Å²) in [6, 6.07) is 5.90. The van der Waals surface area contributed by atoms with E-state index in [0.717, 1.165) is 6.20 Å². The number of benzene rings is 1. The number of amides is 1. The number of carbonyl (C=O) groups is 1. The standard InChI is InChI=1S/C14H16N4O5S/c1-2-24(22,23)13-5-3-11(4-6-13)16-14(19)7-8-17-10-12(9-15-17)18(20)21/h3-6,9-10H,2,7-8H2,1H3,(H,16,19). The van der Waals surface area contributed by atoms with Crippen LogP contribution < -0.4 is 5.32 Å². The highest BCUT2D eigenvalue weighted by Crippen LogP contribution is 2.15. The smallest absolute Gasteiger partial charge is 0.306 e. The summed E-state index contributed by atoms with van der Waals surface area (Å²) >= 11 is 0. The molecule has 0 unspecified atom stereocenters. The van der Waals surface area contributed by atoms with Crippen LogP contribution in [0.15, 0.2) is 41.6 Å². The Hall–Kier alpha value is -2.75. The minimum absolute atomic E-state index is 0.00864. The van der Waals surface area contributed by atoms with Gasteiger partial charge in [-0.3, -0.25) is 19.6 Å². The molecule has 0 saturated heterocycles. The number of rotatable bonds is 7. The molecule has 0 atom stereocenters. The number of hydrogen-bond donors (Lipinski definition) is 1. The van der Waals surface area contributed by atoms with Crippen LogP contribution in [0.3, 0.4) is 0 Å². The van der Waals surface area contributed by atoms with Crippen LogP contribution in [0.5, 0.6) is 0 Å². The van der Waals surface area contributed by atoms with Crippen molar-refractivity contribution < 1.29 is 18.1 Å². The first-order valence-corrected chi connectivity index (χ1v) is 8.76. The number of anilines is 1. The molecular weight excluding hydrogens is 336 g/mol. The quantitative estimate of drug-likeness (QED) is 0.596. The summed E-state index contributed by atoms with van der Waals surface area (Å²) in [6.45, 7) is 1.76. The van der Waals surface area contributed by atoms with E-state index in [2.05, 4.69) is 10.4 Å². The number of nitro groups is 1. The van der Waals surface area contributed by atoms with Crippen LogP contribution >= 0.6 is 0 Å². The zero-order valence-electron chi connectivity index (χ0n) is 12.9. The van der Waals surface area contributed by atoms with Crippen molar-refractivity contribution in [3.8, 4) is 0 Å². The van der Waals surface area contributed by atoms with Crippen molar-refractivity contribution in [3.63, 3.8) is 0 Å². The summed E-state index contributed by atoms with van der Waals surface area (Å²) in [5.41, 5.74) is 0.338. The topological polar surface area (TPSA) is 124 Å². The van der Waals surface area contributed by atoms with Crippen LogP contribution in [-0.4, -0.2) is 34.8 Å². The molecular formula is C14H16N4O5S. The summed E-state index contributed by atoms with van der Waals surface area (Å²) in [4.78, 5) is 22.0. The van der Waals surface area contributed by atoms with Gasteiger partial charge in [-0.2, -0.15) is 5.10 Å². The zero-order chi connectivity index (χ0) is 17.7. The van der Waals surface area contributed by atoms with Gasteiger partial charge in [0.1, 0.15) is 12.4 Å². The third kappa shape index (κ3) is 4.38. The predicted octanol–water partition coefficient (Wildman–Crippen LogP) is 1.61. The van der Waals surface area contributed by atoms with Crippen molar-refractivity contribution in [2.45, 2.75) is 24.8 Å². The molecule has 9 nitrogen and oxygen atoms in total. The van der Waals surface area contributed by atoms with E-state index < -0.39 is 14.8 Å². The lowest BCUT2D eigenvalue weighted by Crippen LogP contribution is -2.14. The minimum Gasteiger partial charge on any atom is -0.326 e. The molecule has 24 heavy (non-hydrogen) atoms. The summed E-state index contributed by atoms with van der Waals surface area (Å²) in [5.74, 6) is -0.298. The van der Waals surface area contributed by atoms with Gasteiger partial charge in [0, 0.05) is 18.7 Å². The van der Waals surface area contributed by atoms with Crippen LogP contribution in [-0.2, 0) is 21.2 Å². The van der Waals surface area contributed by atoms with Gasteiger partial charge in [0.15, 0.2) is 9.84 Å². The first-order chi connectivity index (χ1) is 11.3. The third-order valence-corrected chi connectivity index (χ3v) is 5.03. The Balaban J connectivity index is 1.91. The van der Waals surface area contributed by atoms with Crippen LogP contribution in [0, 0.1) is 10.1 Å². The molecule has 128 valence electrons. The van der Waals surface area contributed by atoms with E-state index in [-0.39, 0.29) is 35.2 Å². The second-order valence-corrected chi connectivity index (χ2v) is 7.22. The van der Waals surface area contributed by atoms with Crippen LogP contribution in [0.1, 0.15) is 13.3 Å². The number of nitrogens with one attached hydrogen (secondary N) is 1. The molecule has 1 amide bonds. The Morgan fingerprint density at radius 2 is 2.00 bits per heavy atom. The molecule has 10 heteroatoms. The molecule has 0 aliphatic heterocycles. The molecule has 0 aliphatic rings. The maximum absolute atomic E-state index is 11.9. The molecule has 0 bridgehead atoms. The average Bonchev–Trinajstić information content (AvgIpc) is 3.03. The summed E-state index contributed by atoms with van der Waals surface area (Å²) < 4.78 is 24.7. The van der Waals surface area contributed by atoms with Crippen molar-refractivity contribution in [2.24, 2.45) is 0 Å². The van der Waals surface area contributed by atoms with Crippen LogP contribution in [0.4, 0.5) is 11.4 Å². The minimum atomic E-state index is -3.27. The Kier molecular flexibility index (Phi) is 5.29. The first-order valence-electron chi connectivity index (χ1n) is 7.11. The molecule has 0 saturated carbocycles. The second kappa shape index (κ2) is 7.21. The Labute approximate surface area is 138 Å². The first kappa shape index (κ1) is 17.6. The van der Waals surface area contributed by atoms with E-state index in [1.807, 2.05) is 0 Å². The van der Waals surface area contributed by atoms with Crippen molar-refractivity contribution in [1.82, 2.24) is 9.78 Å². The summed E-state index contributed by atoms with van der Waals surface area (Å²) in [7, 11) is -3.27. The van der Waals surface area contributed by atoms with Crippen molar-refractivity contribution in [3.05, 3.63) is 46.8 Å². The van der Waals surface area contributed by atoms with Gasteiger partial charge in [-0.15, -0.1) is 0 Å². The number of carbonyl (C=O) groups excluding carboxylic acids is 1. The number of aryl methyl sites for hydroxylation is 1. The molecule has 1 aromatic carbocycles. The van der Waals surface area contributed by atoms with Gasteiger partial charge in [-0.05, 0) is 24.3 Å². The largest absolute Gasteiger partial charge is 0.326 e. The molecule has 0 fully saturated rings. The van der Waals surface area contributed by atoms with Crippen LogP contribution in [0.2, 0.25) is 0 Å². The lowest BCUT2D eigenvalue weighted by atomic mass is 10.3. The number of aromatic nitrogens is 2. The fraction of sp³-hybridized carbons (Fsp3) is 0.286. The van der Waals surface area contributed by atoms with Gasteiger partial charge in [0.05, 0.1) is 15.6 Å². The van der Waals surface area contributed by atoms with Gasteiger partial charge >= 0.3 is 5.69 Å². The van der Waals surface area contributed by atoms with Gasteiger partial charge < -0.3 is 5.32 Å². The summed E-state index contributed by atoms with van der Waals surface area (Å²) in [5, 5.41) is 17.0. The van der Waals surface area contributed by atoms with Gasteiger partial charge in [0.2, 0.25) is 5.91 Å². The average molecular weight is 352 g/mol. The van der Waals surface area contributed by atoms with E-state index in [4.69, 9.17) is 0 Å². The van der Waals surface area contributed by atoms with E-state index in [9.17, 15) is 23.3 Å².